The van der Waals surface area contributed by atoms with Crippen molar-refractivity contribution < 1.29 is 27.4 Å². The van der Waals surface area contributed by atoms with E-state index in [1.807, 2.05) is 6.92 Å². The Morgan fingerprint density at radius 1 is 1.20 bits per heavy atom. The van der Waals surface area contributed by atoms with Gasteiger partial charge in [0.25, 0.3) is 0 Å². The van der Waals surface area contributed by atoms with Crippen LogP contribution in [0.4, 0.5) is 13.2 Å². The van der Waals surface area contributed by atoms with Gasteiger partial charge < -0.3 is 14.8 Å². The molecule has 0 saturated carbocycles. The van der Waals surface area contributed by atoms with Crippen LogP contribution in [0, 0.1) is 0 Å². The minimum Gasteiger partial charge on any atom is -0.468 e. The quantitative estimate of drug-likeness (QED) is 0.498. The molecule has 0 spiro atoms. The lowest BCUT2D eigenvalue weighted by Crippen LogP contribution is -2.51. The van der Waals surface area contributed by atoms with Crippen LogP contribution in [0.5, 0.6) is 0 Å². The number of methoxy groups -OCH3 is 1. The first-order valence-corrected chi connectivity index (χ1v) is 6.73. The zero-order valence-electron chi connectivity index (χ0n) is 12.3. The summed E-state index contributed by atoms with van der Waals surface area (Å²) in [5, 5.41) is 3.08. The Morgan fingerprint density at radius 2 is 1.85 bits per heavy atom. The van der Waals surface area contributed by atoms with E-state index in [-0.39, 0.29) is 19.6 Å². The molecule has 0 aliphatic carbocycles. The van der Waals surface area contributed by atoms with Crippen molar-refractivity contribution in [2.75, 3.05) is 26.9 Å². The fraction of sp³-hybridized carbons (Fsp3) is 0.923. The summed E-state index contributed by atoms with van der Waals surface area (Å²) in [6.45, 7) is 4.57. The maximum Gasteiger partial charge on any atom is 0.389 e. The van der Waals surface area contributed by atoms with Crippen molar-refractivity contribution in [3.63, 3.8) is 0 Å². The number of hydrogen-bond donors (Lipinski definition) is 1. The van der Waals surface area contributed by atoms with E-state index in [0.717, 1.165) is 6.42 Å². The molecule has 0 aromatic rings. The van der Waals surface area contributed by atoms with E-state index in [9.17, 15) is 18.0 Å². The Bertz CT molecular complexity index is 285. The first-order chi connectivity index (χ1) is 9.25. The van der Waals surface area contributed by atoms with E-state index in [0.29, 0.717) is 13.0 Å². The average molecular weight is 299 g/mol. The molecule has 7 heteroatoms. The van der Waals surface area contributed by atoms with Crippen molar-refractivity contribution >= 4 is 5.97 Å². The Hall–Kier alpha value is -0.820. The molecule has 0 bridgehead atoms. The third-order valence-electron chi connectivity index (χ3n) is 2.90. The number of rotatable bonds is 10. The molecule has 1 unspecified atom stereocenters. The van der Waals surface area contributed by atoms with E-state index in [1.54, 1.807) is 6.92 Å². The number of carbonyl (C=O) groups is 1. The van der Waals surface area contributed by atoms with Gasteiger partial charge in [-0.2, -0.15) is 13.2 Å². The van der Waals surface area contributed by atoms with Gasteiger partial charge in [-0.1, -0.05) is 6.92 Å². The normalized spacial score (nSPS) is 14.9. The molecule has 0 aliphatic rings. The van der Waals surface area contributed by atoms with Crippen LogP contribution in [-0.4, -0.2) is 44.6 Å². The number of alkyl halides is 3. The summed E-state index contributed by atoms with van der Waals surface area (Å²) in [7, 11) is 1.30. The van der Waals surface area contributed by atoms with Gasteiger partial charge in [0.1, 0.15) is 5.54 Å². The molecule has 20 heavy (non-hydrogen) atoms. The molecule has 0 rings (SSSR count). The van der Waals surface area contributed by atoms with Crippen molar-refractivity contribution in [2.24, 2.45) is 0 Å². The summed E-state index contributed by atoms with van der Waals surface area (Å²) >= 11 is 0. The van der Waals surface area contributed by atoms with Crippen molar-refractivity contribution in [1.29, 1.82) is 0 Å². The molecular formula is C13H24F3NO3. The predicted octanol–water partition coefficient (Wildman–Crippen LogP) is 2.67. The van der Waals surface area contributed by atoms with Crippen LogP contribution in [0.2, 0.25) is 0 Å². The highest BCUT2D eigenvalue weighted by Gasteiger charge is 2.33. The first kappa shape index (κ1) is 19.2. The smallest absolute Gasteiger partial charge is 0.389 e. The Kier molecular flexibility index (Phi) is 8.80. The van der Waals surface area contributed by atoms with Crippen molar-refractivity contribution in [3.05, 3.63) is 0 Å². The molecule has 0 saturated heterocycles. The highest BCUT2D eigenvalue weighted by Crippen LogP contribution is 2.21. The minimum atomic E-state index is -4.15. The second kappa shape index (κ2) is 9.18. The molecule has 4 nitrogen and oxygen atoms in total. The van der Waals surface area contributed by atoms with E-state index >= 15 is 0 Å². The molecule has 0 fully saturated rings. The van der Waals surface area contributed by atoms with Gasteiger partial charge in [0.2, 0.25) is 0 Å². The molecular weight excluding hydrogens is 275 g/mol. The average Bonchev–Trinajstić information content (AvgIpc) is 2.38. The molecule has 1 atom stereocenters. The number of hydrogen-bond acceptors (Lipinski definition) is 4. The zero-order valence-corrected chi connectivity index (χ0v) is 12.3. The lowest BCUT2D eigenvalue weighted by atomic mass is 9.98. The predicted molar refractivity (Wildman–Crippen MR) is 69.4 cm³/mol. The Labute approximate surface area is 118 Å². The topological polar surface area (TPSA) is 47.6 Å². The van der Waals surface area contributed by atoms with Crippen LogP contribution in [0.25, 0.3) is 0 Å². The van der Waals surface area contributed by atoms with Crippen LogP contribution in [0.1, 0.15) is 39.5 Å². The summed E-state index contributed by atoms with van der Waals surface area (Å²) in [4.78, 5) is 11.7. The summed E-state index contributed by atoms with van der Waals surface area (Å²) < 4.78 is 45.6. The van der Waals surface area contributed by atoms with Crippen molar-refractivity contribution in [2.45, 2.75) is 51.2 Å². The molecule has 0 heterocycles. The molecule has 0 aromatic heterocycles. The molecule has 0 amide bonds. The van der Waals surface area contributed by atoms with E-state index in [4.69, 9.17) is 9.47 Å². The van der Waals surface area contributed by atoms with Gasteiger partial charge in [0.15, 0.2) is 0 Å². The number of ether oxygens (including phenoxy) is 2. The Balaban J connectivity index is 4.00. The van der Waals surface area contributed by atoms with Gasteiger partial charge in [0.05, 0.1) is 7.11 Å². The molecule has 120 valence electrons. The maximum absolute atomic E-state index is 11.9. The summed E-state index contributed by atoms with van der Waals surface area (Å²) in [6, 6.07) is 0. The van der Waals surface area contributed by atoms with E-state index in [2.05, 4.69) is 5.32 Å². The highest BCUT2D eigenvalue weighted by atomic mass is 19.4. The molecule has 1 N–H and O–H groups in total. The van der Waals surface area contributed by atoms with Crippen LogP contribution in [0.3, 0.4) is 0 Å². The second-order valence-electron chi connectivity index (χ2n) is 4.83. The number of nitrogens with one attached hydrogen (secondary N) is 1. The van der Waals surface area contributed by atoms with Crippen molar-refractivity contribution in [3.8, 4) is 0 Å². The molecule has 0 aliphatic heterocycles. The lowest BCUT2D eigenvalue weighted by Gasteiger charge is -2.27. The Morgan fingerprint density at radius 3 is 2.35 bits per heavy atom. The summed E-state index contributed by atoms with van der Waals surface area (Å²) in [5.41, 5.74) is -0.866. The third-order valence-corrected chi connectivity index (χ3v) is 2.90. The molecule has 0 radical (unpaired) electrons. The fourth-order valence-electron chi connectivity index (χ4n) is 1.64. The number of carbonyl (C=O) groups excluding carboxylic acids is 1. The fourth-order valence-corrected chi connectivity index (χ4v) is 1.64. The number of halogens is 3. The van der Waals surface area contributed by atoms with Gasteiger partial charge in [-0.3, -0.25) is 4.79 Å². The third kappa shape index (κ3) is 8.37. The SMILES string of the molecule is CCCNC(C)(CCOCCCC(F)(F)F)C(=O)OC. The van der Waals surface area contributed by atoms with Crippen molar-refractivity contribution in [1.82, 2.24) is 5.32 Å². The van der Waals surface area contributed by atoms with Gasteiger partial charge >= 0.3 is 12.1 Å². The van der Waals surface area contributed by atoms with Crippen LogP contribution in [-0.2, 0) is 14.3 Å². The lowest BCUT2D eigenvalue weighted by molar-refractivity contribution is -0.148. The van der Waals surface area contributed by atoms with E-state index in [1.165, 1.54) is 7.11 Å². The number of esters is 1. The summed E-state index contributed by atoms with van der Waals surface area (Å²) in [5.74, 6) is -0.398. The molecule has 0 aromatic carbocycles. The zero-order chi connectivity index (χ0) is 15.6. The largest absolute Gasteiger partial charge is 0.468 e. The van der Waals surface area contributed by atoms with Gasteiger partial charge in [-0.25, -0.2) is 0 Å². The maximum atomic E-state index is 11.9. The van der Waals surface area contributed by atoms with Crippen LogP contribution in [0.15, 0.2) is 0 Å². The van der Waals surface area contributed by atoms with Gasteiger partial charge in [-0.05, 0) is 32.7 Å². The van der Waals surface area contributed by atoms with Crippen LogP contribution >= 0.6 is 0 Å². The minimum absolute atomic E-state index is 0.0323. The first-order valence-electron chi connectivity index (χ1n) is 6.73. The van der Waals surface area contributed by atoms with E-state index < -0.39 is 24.1 Å². The van der Waals surface area contributed by atoms with Gasteiger partial charge in [0, 0.05) is 19.6 Å². The standard InChI is InChI=1S/C13H24F3NO3/c1-4-8-17-12(2,11(18)19-3)7-10-20-9-5-6-13(14,15)16/h17H,4-10H2,1-3H3. The highest BCUT2D eigenvalue weighted by molar-refractivity contribution is 5.80. The summed E-state index contributed by atoms with van der Waals surface area (Å²) in [6.07, 6.45) is -3.85. The monoisotopic (exact) mass is 299 g/mol. The second-order valence-corrected chi connectivity index (χ2v) is 4.83. The van der Waals surface area contributed by atoms with Crippen LogP contribution < -0.4 is 5.32 Å². The van der Waals surface area contributed by atoms with Gasteiger partial charge in [-0.15, -0.1) is 0 Å².